The summed E-state index contributed by atoms with van der Waals surface area (Å²) in [5, 5.41) is 26.1. The predicted octanol–water partition coefficient (Wildman–Crippen LogP) is 4.42. The van der Waals surface area contributed by atoms with Gasteiger partial charge >= 0.3 is 0 Å². The molecule has 1 heterocycles. The van der Waals surface area contributed by atoms with Gasteiger partial charge in [0.1, 0.15) is 6.07 Å². The molecule has 0 unspecified atom stereocenters. The minimum absolute atomic E-state index is 0.0922. The van der Waals surface area contributed by atoms with E-state index in [9.17, 15) is 10.1 Å². The molecule has 21 heavy (non-hydrogen) atoms. The van der Waals surface area contributed by atoms with Gasteiger partial charge in [0, 0.05) is 22.5 Å². The molecule has 0 radical (unpaired) electrons. The van der Waals surface area contributed by atoms with Crippen molar-refractivity contribution in [1.29, 1.82) is 5.26 Å². The highest BCUT2D eigenvalue weighted by Gasteiger charge is 2.11. The number of hydrogen-bond donors (Lipinski definition) is 1. The van der Waals surface area contributed by atoms with Crippen molar-refractivity contribution >= 4 is 38.5 Å². The molecule has 1 aromatic heterocycles. The van der Waals surface area contributed by atoms with E-state index in [0.29, 0.717) is 5.69 Å². The molecule has 0 bridgehead atoms. The number of rotatable bonds is 3. The zero-order chi connectivity index (χ0) is 14.8. The third-order valence-corrected chi connectivity index (χ3v) is 3.96. The van der Waals surface area contributed by atoms with Crippen LogP contribution < -0.4 is 5.32 Å². The summed E-state index contributed by atoms with van der Waals surface area (Å²) in [4.78, 5) is 10.2. The Kier molecular flexibility index (Phi) is 3.26. The maximum atomic E-state index is 10.7. The fourth-order valence-electron chi connectivity index (χ4n) is 2.05. The lowest BCUT2D eigenvalue weighted by molar-refractivity contribution is -0.384. The molecule has 0 spiro atoms. The van der Waals surface area contributed by atoms with Gasteiger partial charge < -0.3 is 5.32 Å². The summed E-state index contributed by atoms with van der Waals surface area (Å²) in [6.07, 6.45) is 0. The topological polar surface area (TPSA) is 79.0 Å². The summed E-state index contributed by atoms with van der Waals surface area (Å²) < 4.78 is 1.18. The number of nitro groups is 1. The summed E-state index contributed by atoms with van der Waals surface area (Å²) in [5.41, 5.74) is 1.55. The fraction of sp³-hybridized carbons (Fsp3) is 0. The third kappa shape index (κ3) is 2.55. The number of nitrogens with zero attached hydrogens (tertiary/aromatic N) is 2. The monoisotopic (exact) mass is 295 g/mol. The second kappa shape index (κ2) is 5.23. The number of thiophene rings is 1. The molecule has 0 saturated heterocycles. The van der Waals surface area contributed by atoms with E-state index in [-0.39, 0.29) is 11.3 Å². The van der Waals surface area contributed by atoms with Crippen LogP contribution in [-0.4, -0.2) is 4.92 Å². The van der Waals surface area contributed by atoms with Crippen LogP contribution in [0.25, 0.3) is 10.1 Å². The number of nitriles is 1. The van der Waals surface area contributed by atoms with Crippen molar-refractivity contribution in [3.63, 3.8) is 0 Å². The van der Waals surface area contributed by atoms with Crippen LogP contribution in [0.5, 0.6) is 0 Å². The summed E-state index contributed by atoms with van der Waals surface area (Å²) in [7, 11) is 0. The van der Waals surface area contributed by atoms with Gasteiger partial charge in [0.25, 0.3) is 5.69 Å². The summed E-state index contributed by atoms with van der Waals surface area (Å²) in [5.74, 6) is 0. The number of anilines is 2. The summed E-state index contributed by atoms with van der Waals surface area (Å²) in [6.45, 7) is 0. The van der Waals surface area contributed by atoms with E-state index < -0.39 is 4.92 Å². The standard InChI is InChI=1S/C15H9N3O2S/c16-9-11-8-13(18(19)20)2-3-14(11)17-12-1-4-15-10(7-12)5-6-21-15/h1-8,17H. The first-order chi connectivity index (χ1) is 10.2. The molecule has 0 atom stereocenters. The summed E-state index contributed by atoms with van der Waals surface area (Å²) in [6, 6.07) is 14.1. The van der Waals surface area contributed by atoms with Crippen molar-refractivity contribution in [2.24, 2.45) is 0 Å². The number of benzene rings is 2. The minimum Gasteiger partial charge on any atom is -0.354 e. The number of hydrogen-bond acceptors (Lipinski definition) is 5. The van der Waals surface area contributed by atoms with Gasteiger partial charge in [-0.1, -0.05) is 0 Å². The highest BCUT2D eigenvalue weighted by atomic mass is 32.1. The Morgan fingerprint density at radius 3 is 2.81 bits per heavy atom. The van der Waals surface area contributed by atoms with Gasteiger partial charge in [0.05, 0.1) is 16.2 Å². The van der Waals surface area contributed by atoms with Gasteiger partial charge in [-0.2, -0.15) is 5.26 Å². The molecular weight excluding hydrogens is 286 g/mol. The highest BCUT2D eigenvalue weighted by molar-refractivity contribution is 7.17. The Morgan fingerprint density at radius 2 is 2.05 bits per heavy atom. The van der Waals surface area contributed by atoms with Crippen molar-refractivity contribution in [3.05, 3.63) is 63.5 Å². The van der Waals surface area contributed by atoms with Crippen LogP contribution in [0, 0.1) is 21.4 Å². The van der Waals surface area contributed by atoms with Crippen LogP contribution in [0.15, 0.2) is 47.8 Å². The number of fused-ring (bicyclic) bond motifs is 1. The predicted molar refractivity (Wildman–Crippen MR) is 82.9 cm³/mol. The molecular formula is C15H9N3O2S. The maximum Gasteiger partial charge on any atom is 0.270 e. The van der Waals surface area contributed by atoms with Crippen molar-refractivity contribution < 1.29 is 4.92 Å². The number of nitrogens with one attached hydrogen (secondary N) is 1. The molecule has 0 fully saturated rings. The first kappa shape index (κ1) is 13.1. The van der Waals surface area contributed by atoms with Crippen LogP contribution in [0.1, 0.15) is 5.56 Å². The van der Waals surface area contributed by atoms with E-state index >= 15 is 0 Å². The Hall–Kier alpha value is -2.91. The lowest BCUT2D eigenvalue weighted by Crippen LogP contribution is -1.95. The maximum absolute atomic E-state index is 10.7. The van der Waals surface area contributed by atoms with E-state index in [0.717, 1.165) is 11.1 Å². The zero-order valence-electron chi connectivity index (χ0n) is 10.7. The van der Waals surface area contributed by atoms with Gasteiger partial charge in [0.15, 0.2) is 0 Å². The van der Waals surface area contributed by atoms with Crippen LogP contribution >= 0.6 is 11.3 Å². The Morgan fingerprint density at radius 1 is 1.19 bits per heavy atom. The lowest BCUT2D eigenvalue weighted by atomic mass is 10.1. The molecule has 2 aromatic carbocycles. The lowest BCUT2D eigenvalue weighted by Gasteiger charge is -2.08. The van der Waals surface area contributed by atoms with Gasteiger partial charge in [-0.25, -0.2) is 0 Å². The van der Waals surface area contributed by atoms with E-state index in [4.69, 9.17) is 5.26 Å². The van der Waals surface area contributed by atoms with E-state index in [1.807, 2.05) is 35.7 Å². The summed E-state index contributed by atoms with van der Waals surface area (Å²) >= 11 is 1.66. The molecule has 0 aliphatic heterocycles. The Balaban J connectivity index is 1.97. The molecule has 0 amide bonds. The smallest absolute Gasteiger partial charge is 0.270 e. The number of nitro benzene ring substituents is 1. The molecule has 0 aliphatic carbocycles. The first-order valence-corrected chi connectivity index (χ1v) is 6.98. The van der Waals surface area contributed by atoms with Gasteiger partial charge in [-0.15, -0.1) is 11.3 Å². The van der Waals surface area contributed by atoms with Crippen LogP contribution in [0.4, 0.5) is 17.1 Å². The van der Waals surface area contributed by atoms with E-state index in [1.165, 1.54) is 16.8 Å². The Bertz CT molecular complexity index is 880. The average molecular weight is 295 g/mol. The molecule has 0 aliphatic rings. The molecule has 3 aromatic rings. The highest BCUT2D eigenvalue weighted by Crippen LogP contribution is 2.28. The van der Waals surface area contributed by atoms with Crippen LogP contribution in [0.3, 0.4) is 0 Å². The quantitative estimate of drug-likeness (QED) is 0.573. The van der Waals surface area contributed by atoms with Crippen LogP contribution in [0.2, 0.25) is 0 Å². The molecule has 6 heteroatoms. The fourth-order valence-corrected chi connectivity index (χ4v) is 2.82. The van der Waals surface area contributed by atoms with Crippen molar-refractivity contribution in [3.8, 4) is 6.07 Å². The zero-order valence-corrected chi connectivity index (χ0v) is 11.6. The third-order valence-electron chi connectivity index (χ3n) is 3.07. The van der Waals surface area contributed by atoms with E-state index in [2.05, 4.69) is 5.32 Å². The SMILES string of the molecule is N#Cc1cc([N+](=O)[O-])ccc1Nc1ccc2sccc2c1. The largest absolute Gasteiger partial charge is 0.354 e. The van der Waals surface area contributed by atoms with Crippen molar-refractivity contribution in [2.45, 2.75) is 0 Å². The normalized spacial score (nSPS) is 10.2. The second-order valence-corrected chi connectivity index (χ2v) is 5.34. The van der Waals surface area contributed by atoms with Gasteiger partial charge in [-0.05, 0) is 41.1 Å². The van der Waals surface area contributed by atoms with Crippen molar-refractivity contribution in [1.82, 2.24) is 0 Å². The molecule has 1 N–H and O–H groups in total. The van der Waals surface area contributed by atoms with Crippen LogP contribution in [-0.2, 0) is 0 Å². The number of non-ortho nitro benzene ring substituents is 1. The van der Waals surface area contributed by atoms with Gasteiger partial charge in [-0.3, -0.25) is 10.1 Å². The first-order valence-electron chi connectivity index (χ1n) is 6.10. The molecule has 102 valence electrons. The molecule has 3 rings (SSSR count). The molecule has 0 saturated carbocycles. The Labute approximate surface area is 124 Å². The minimum atomic E-state index is -0.512. The van der Waals surface area contributed by atoms with E-state index in [1.54, 1.807) is 17.4 Å². The second-order valence-electron chi connectivity index (χ2n) is 4.40. The van der Waals surface area contributed by atoms with Crippen molar-refractivity contribution in [2.75, 3.05) is 5.32 Å². The van der Waals surface area contributed by atoms with Gasteiger partial charge in [0.2, 0.25) is 0 Å². The average Bonchev–Trinajstić information content (AvgIpc) is 2.95. The molecule has 5 nitrogen and oxygen atoms in total.